The van der Waals surface area contributed by atoms with E-state index in [1.807, 2.05) is 0 Å². The minimum absolute atomic E-state index is 0. The maximum atomic E-state index is 5.35. The molecule has 0 aromatic rings. The summed E-state index contributed by atoms with van der Waals surface area (Å²) in [6.45, 7) is 0. The van der Waals surface area contributed by atoms with Crippen LogP contribution in [-0.2, 0) is 10.9 Å². The summed E-state index contributed by atoms with van der Waals surface area (Å²) >= 11 is 0. The summed E-state index contributed by atoms with van der Waals surface area (Å²) in [5, 5.41) is 0.834. The van der Waals surface area contributed by atoms with Crippen molar-refractivity contribution in [2.75, 3.05) is 11.5 Å². The van der Waals surface area contributed by atoms with Crippen molar-refractivity contribution in [1.29, 1.82) is 0 Å². The van der Waals surface area contributed by atoms with Gasteiger partial charge in [-0.3, -0.25) is 0 Å². The Labute approximate surface area is 118 Å². The number of halogens is 2. The summed E-state index contributed by atoms with van der Waals surface area (Å²) in [6, 6.07) is 0. The lowest BCUT2D eigenvalue weighted by Crippen LogP contribution is -3.00. The second kappa shape index (κ2) is 10.9. The Hall–Kier alpha value is 0.430. The molecule has 3 heteroatoms. The van der Waals surface area contributed by atoms with Gasteiger partial charge in [-0.05, 0) is 25.7 Å². The Balaban J connectivity index is 0. The molecule has 86 valence electrons. The highest BCUT2D eigenvalue weighted by Crippen LogP contribution is 2.25. The van der Waals surface area contributed by atoms with Crippen molar-refractivity contribution in [3.8, 4) is 24.7 Å². The molecule has 0 bridgehead atoms. The Morgan fingerprint density at radius 1 is 1.00 bits per heavy atom. The smallest absolute Gasteiger partial charge is 0.169 e. The van der Waals surface area contributed by atoms with Crippen molar-refractivity contribution in [2.24, 2.45) is 0 Å². The third kappa shape index (κ3) is 6.56. The molecule has 0 atom stereocenters. The highest BCUT2D eigenvalue weighted by molar-refractivity contribution is 8.93. The predicted molar refractivity (Wildman–Crippen MR) is 72.0 cm³/mol. The van der Waals surface area contributed by atoms with E-state index in [1.165, 1.54) is 32.1 Å². The number of hydrogen-bond donors (Lipinski definition) is 0. The summed E-state index contributed by atoms with van der Waals surface area (Å²) in [4.78, 5) is 0. The van der Waals surface area contributed by atoms with Crippen LogP contribution in [0, 0.1) is 24.7 Å². The molecule has 0 nitrogen and oxygen atoms in total. The van der Waals surface area contributed by atoms with Crippen molar-refractivity contribution >= 4 is 27.9 Å². The van der Waals surface area contributed by atoms with Crippen LogP contribution in [0.1, 0.15) is 32.1 Å². The van der Waals surface area contributed by atoms with Gasteiger partial charge in [0.05, 0.1) is 0 Å². The van der Waals surface area contributed by atoms with Crippen molar-refractivity contribution in [1.82, 2.24) is 0 Å². The first-order valence-corrected chi connectivity index (χ1v) is 6.54. The van der Waals surface area contributed by atoms with Crippen LogP contribution >= 0.6 is 17.0 Å². The van der Waals surface area contributed by atoms with Gasteiger partial charge >= 0.3 is 0 Å². The van der Waals surface area contributed by atoms with Crippen molar-refractivity contribution in [3.63, 3.8) is 0 Å². The largest absolute Gasteiger partial charge is 1.00 e. The highest BCUT2D eigenvalue weighted by Gasteiger charge is 2.29. The van der Waals surface area contributed by atoms with E-state index in [2.05, 4.69) is 11.8 Å². The molecule has 15 heavy (non-hydrogen) atoms. The van der Waals surface area contributed by atoms with E-state index in [0.29, 0.717) is 10.9 Å². The third-order valence-corrected chi connectivity index (χ3v) is 5.05. The molecule has 0 unspecified atom stereocenters. The van der Waals surface area contributed by atoms with Crippen LogP contribution in [0.5, 0.6) is 0 Å². The average Bonchev–Trinajstić information content (AvgIpc) is 2.19. The summed E-state index contributed by atoms with van der Waals surface area (Å²) < 4.78 is 0. The van der Waals surface area contributed by atoms with Crippen LogP contribution in [0.4, 0.5) is 0 Å². The van der Waals surface area contributed by atoms with E-state index in [9.17, 15) is 0 Å². The molecule has 1 aliphatic carbocycles. The van der Waals surface area contributed by atoms with Gasteiger partial charge in [0.15, 0.2) is 11.5 Å². The van der Waals surface area contributed by atoms with E-state index in [-0.39, 0.29) is 34.0 Å². The van der Waals surface area contributed by atoms with Crippen LogP contribution in [0.2, 0.25) is 0 Å². The molecular formula is C12H18Br2S. The van der Waals surface area contributed by atoms with Gasteiger partial charge in [-0.1, -0.05) is 18.3 Å². The molecule has 1 fully saturated rings. The molecule has 1 saturated carbocycles. The van der Waals surface area contributed by atoms with Gasteiger partial charge < -0.3 is 17.0 Å². The monoisotopic (exact) mass is 352 g/mol. The molecule has 0 saturated heterocycles. The topological polar surface area (TPSA) is 0 Å². The fraction of sp³-hybridized carbons (Fsp3) is 0.667. The fourth-order valence-electron chi connectivity index (χ4n) is 1.90. The van der Waals surface area contributed by atoms with E-state index >= 15 is 0 Å². The lowest BCUT2D eigenvalue weighted by Gasteiger charge is -2.20. The van der Waals surface area contributed by atoms with Crippen LogP contribution in [0.3, 0.4) is 0 Å². The lowest BCUT2D eigenvalue weighted by molar-refractivity contribution is -0.00000281. The average molecular weight is 354 g/mol. The van der Waals surface area contributed by atoms with E-state index in [4.69, 9.17) is 12.8 Å². The summed E-state index contributed by atoms with van der Waals surface area (Å²) in [7, 11) is 0.317. The van der Waals surface area contributed by atoms with Crippen LogP contribution in [0.15, 0.2) is 0 Å². The van der Waals surface area contributed by atoms with Crippen LogP contribution < -0.4 is 17.0 Å². The zero-order chi connectivity index (χ0) is 9.52. The van der Waals surface area contributed by atoms with E-state index < -0.39 is 0 Å². The van der Waals surface area contributed by atoms with Gasteiger partial charge in [0, 0.05) is 10.9 Å². The minimum atomic E-state index is 0. The first-order valence-electron chi connectivity index (χ1n) is 4.91. The fourth-order valence-corrected chi connectivity index (χ4v) is 3.90. The van der Waals surface area contributed by atoms with Gasteiger partial charge in [0.25, 0.3) is 0 Å². The summed E-state index contributed by atoms with van der Waals surface area (Å²) in [5.41, 5.74) is 0. The quantitative estimate of drug-likeness (QED) is 0.486. The lowest BCUT2D eigenvalue weighted by atomic mass is 10.0. The second-order valence-electron chi connectivity index (χ2n) is 3.49. The highest BCUT2D eigenvalue weighted by atomic mass is 79.9. The molecule has 0 aromatic heterocycles. The first kappa shape index (κ1) is 17.8. The predicted octanol–water partition coefficient (Wildman–Crippen LogP) is -0.214. The molecule has 0 spiro atoms. The van der Waals surface area contributed by atoms with Gasteiger partial charge in [-0.2, -0.15) is 0 Å². The molecule has 0 N–H and O–H groups in total. The Bertz CT molecular complexity index is 205. The summed E-state index contributed by atoms with van der Waals surface area (Å²) in [6.07, 6.45) is 17.6. The molecule has 0 radical (unpaired) electrons. The van der Waals surface area contributed by atoms with Gasteiger partial charge in [-0.15, -0.1) is 29.8 Å². The zero-order valence-electron chi connectivity index (χ0n) is 8.88. The third-order valence-electron chi connectivity index (χ3n) is 2.56. The Kier molecular flexibility index (Phi) is 13.0. The number of terminal acetylenes is 2. The molecule has 0 aromatic carbocycles. The number of hydrogen-bond acceptors (Lipinski definition) is 0. The first-order chi connectivity index (χ1) is 6.38. The van der Waals surface area contributed by atoms with Crippen LogP contribution in [0.25, 0.3) is 0 Å². The normalized spacial score (nSPS) is 15.7. The molecule has 1 aliphatic rings. The van der Waals surface area contributed by atoms with Gasteiger partial charge in [-0.25, -0.2) is 0 Å². The molecule has 0 aliphatic heterocycles. The standard InChI is InChI=1S/C12H17S.2BrH/c1-3-10-13(11-4-2)12-8-6-5-7-9-12;;/h1-2,12H,5-11H2;2*1H/q+1;;/p-1. The molecule has 0 amide bonds. The Morgan fingerprint density at radius 3 is 1.87 bits per heavy atom. The maximum absolute atomic E-state index is 5.35. The van der Waals surface area contributed by atoms with Crippen molar-refractivity contribution in [2.45, 2.75) is 37.4 Å². The minimum Gasteiger partial charge on any atom is -1.00 e. The second-order valence-corrected chi connectivity index (χ2v) is 5.81. The maximum Gasteiger partial charge on any atom is 0.169 e. The zero-order valence-corrected chi connectivity index (χ0v) is 13.0. The summed E-state index contributed by atoms with van der Waals surface area (Å²) in [5.74, 6) is 7.33. The van der Waals surface area contributed by atoms with Crippen molar-refractivity contribution in [3.05, 3.63) is 0 Å². The molecular weight excluding hydrogens is 336 g/mol. The van der Waals surface area contributed by atoms with E-state index in [1.54, 1.807) is 0 Å². The van der Waals surface area contributed by atoms with Crippen molar-refractivity contribution < 1.29 is 17.0 Å². The number of rotatable bonds is 3. The van der Waals surface area contributed by atoms with E-state index in [0.717, 1.165) is 16.8 Å². The Morgan fingerprint density at radius 2 is 1.47 bits per heavy atom. The van der Waals surface area contributed by atoms with Gasteiger partial charge in [0.2, 0.25) is 0 Å². The molecule has 1 rings (SSSR count). The van der Waals surface area contributed by atoms with Gasteiger partial charge in [0.1, 0.15) is 5.25 Å². The molecule has 0 heterocycles. The van der Waals surface area contributed by atoms with Crippen LogP contribution in [-0.4, -0.2) is 16.8 Å². The SMILES string of the molecule is Br.C#CC[S+](CC#C)C1CCCCC1.[Br-].